The predicted molar refractivity (Wildman–Crippen MR) is 150 cm³/mol. The van der Waals surface area contributed by atoms with Crippen molar-refractivity contribution in [3.63, 3.8) is 0 Å². The van der Waals surface area contributed by atoms with Crippen LogP contribution in [0, 0.1) is 0 Å². The molecule has 7 heterocycles. The van der Waals surface area contributed by atoms with Crippen LogP contribution in [0.2, 0.25) is 0 Å². The molecule has 7 aromatic rings. The fourth-order valence-electron chi connectivity index (χ4n) is 4.59. The van der Waals surface area contributed by atoms with Gasteiger partial charge in [-0.2, -0.15) is 0 Å². The summed E-state index contributed by atoms with van der Waals surface area (Å²) in [5.41, 5.74) is 12.5. The number of H-pyrrole nitrogens is 6. The van der Waals surface area contributed by atoms with E-state index in [1.54, 1.807) is 0 Å². The second kappa shape index (κ2) is 8.29. The summed E-state index contributed by atoms with van der Waals surface area (Å²) < 4.78 is 0. The molecule has 7 rings (SSSR count). The van der Waals surface area contributed by atoms with Crippen molar-refractivity contribution in [2.24, 2.45) is 0 Å². The minimum absolute atomic E-state index is 1.04. The smallest absolute Gasteiger partial charge is 0.0405 e. The van der Waals surface area contributed by atoms with Gasteiger partial charge in [0.15, 0.2) is 0 Å². The first kappa shape index (κ1) is 20.3. The molecule has 0 unspecified atom stereocenters. The van der Waals surface area contributed by atoms with E-state index in [0.717, 1.165) is 66.2 Å². The van der Waals surface area contributed by atoms with Gasteiger partial charge in [0.2, 0.25) is 0 Å². The quantitative estimate of drug-likeness (QED) is 0.130. The number of aromatic amines is 6. The van der Waals surface area contributed by atoms with Gasteiger partial charge in [0, 0.05) is 66.2 Å². The van der Waals surface area contributed by atoms with Gasteiger partial charge < -0.3 is 29.9 Å². The first-order valence-corrected chi connectivity index (χ1v) is 11.9. The molecule has 0 spiro atoms. The van der Waals surface area contributed by atoms with Crippen molar-refractivity contribution in [3.05, 3.63) is 109 Å². The molecule has 0 aromatic carbocycles. The van der Waals surface area contributed by atoms with Crippen LogP contribution >= 0.6 is 0 Å². The summed E-state index contributed by atoms with van der Waals surface area (Å²) in [6.45, 7) is 0. The number of hydrogen-bond acceptors (Lipinski definition) is 0. The summed E-state index contributed by atoms with van der Waals surface area (Å²) in [6.07, 6.45) is 0. The van der Waals surface area contributed by atoms with E-state index in [2.05, 4.69) is 139 Å². The van der Waals surface area contributed by atoms with Crippen molar-refractivity contribution in [2.75, 3.05) is 0 Å². The van der Waals surface area contributed by atoms with Crippen LogP contribution in [-0.4, -0.2) is 29.9 Å². The predicted octanol–water partition coefficient (Wildman–Crippen LogP) is 7.95. The minimum atomic E-state index is 1.04. The van der Waals surface area contributed by atoms with E-state index < -0.39 is 0 Å². The summed E-state index contributed by atoms with van der Waals surface area (Å²) in [6, 6.07) is 37.7. The summed E-state index contributed by atoms with van der Waals surface area (Å²) in [4.78, 5) is 20.8. The van der Waals surface area contributed by atoms with Gasteiger partial charge in [-0.1, -0.05) is 0 Å². The Labute approximate surface area is 205 Å². The molecule has 0 fully saturated rings. The molecule has 0 aliphatic heterocycles. The zero-order chi connectivity index (χ0) is 23.9. The van der Waals surface area contributed by atoms with Gasteiger partial charge in [-0.3, -0.25) is 0 Å². The van der Waals surface area contributed by atoms with Gasteiger partial charge in [0.1, 0.15) is 0 Å². The Bertz CT molecular complexity index is 1560. The molecule has 7 aromatic heterocycles. The van der Waals surface area contributed by atoms with E-state index >= 15 is 0 Å². The number of rotatable bonds is 0. The van der Waals surface area contributed by atoms with Crippen molar-refractivity contribution in [1.29, 1.82) is 0 Å². The lowest BCUT2D eigenvalue weighted by Gasteiger charge is -1.84. The third-order valence-electron chi connectivity index (χ3n) is 6.25. The van der Waals surface area contributed by atoms with Crippen LogP contribution in [0.3, 0.4) is 0 Å². The summed E-state index contributed by atoms with van der Waals surface area (Å²) in [7, 11) is 0. The van der Waals surface area contributed by atoms with E-state index in [1.807, 2.05) is 0 Å². The third kappa shape index (κ3) is 4.23. The maximum atomic E-state index is 3.47. The average Bonchev–Trinajstić information content (AvgIpc) is 3.68. The van der Waals surface area contributed by atoms with Crippen molar-refractivity contribution < 1.29 is 0 Å². The lowest BCUT2D eigenvalue weighted by atomic mass is 10.4. The van der Waals surface area contributed by atoms with Crippen LogP contribution in [0.25, 0.3) is 66.2 Å². The van der Waals surface area contributed by atoms with Crippen molar-refractivity contribution in [1.82, 2.24) is 29.9 Å². The number of hydrogen-bond donors (Lipinski definition) is 6. The molecule has 0 saturated carbocycles. The van der Waals surface area contributed by atoms with Crippen LogP contribution in [0.4, 0.5) is 0 Å². The third-order valence-corrected chi connectivity index (χ3v) is 6.25. The molecule has 6 nitrogen and oxygen atoms in total. The molecule has 174 valence electrons. The first-order chi connectivity index (χ1) is 17.7. The van der Waals surface area contributed by atoms with Gasteiger partial charge in [0.05, 0.1) is 0 Å². The van der Waals surface area contributed by atoms with E-state index in [1.165, 1.54) is 0 Å². The Morgan fingerprint density at radius 2 is 0.306 bits per heavy atom. The van der Waals surface area contributed by atoms with Crippen molar-refractivity contribution in [2.45, 2.75) is 0 Å². The zero-order valence-electron chi connectivity index (χ0n) is 19.4. The SMILES string of the molecule is c1cc2cc3ccc(cc4ccc(cc5ccc(cc6ccc(cc7ccc(cc1[nH]2)[nH]7)[nH]6)[nH]5)[nH]4)[nH]3. The highest BCUT2D eigenvalue weighted by Gasteiger charge is 1.94. The monoisotopic (exact) mass is 468 g/mol. The molecule has 6 N–H and O–H groups in total. The minimum Gasteiger partial charge on any atom is -0.355 e. The maximum Gasteiger partial charge on any atom is 0.0405 e. The number of aromatic nitrogens is 6. The highest BCUT2D eigenvalue weighted by atomic mass is 14.7. The highest BCUT2D eigenvalue weighted by Crippen LogP contribution is 2.14. The molecule has 0 aliphatic carbocycles. The number of fused-ring (bicyclic) bond motifs is 12. The molecule has 12 bridgehead atoms. The van der Waals surface area contributed by atoms with Crippen LogP contribution in [0.1, 0.15) is 0 Å². The van der Waals surface area contributed by atoms with E-state index in [0.29, 0.717) is 0 Å². The Morgan fingerprint density at radius 3 is 0.417 bits per heavy atom. The molecular weight excluding hydrogens is 444 g/mol. The van der Waals surface area contributed by atoms with E-state index in [-0.39, 0.29) is 0 Å². The fraction of sp³-hybridized carbons (Fsp3) is 0. The van der Waals surface area contributed by atoms with Crippen LogP contribution in [-0.2, 0) is 0 Å². The van der Waals surface area contributed by atoms with Gasteiger partial charge in [-0.05, 0) is 109 Å². The van der Waals surface area contributed by atoms with Crippen molar-refractivity contribution in [3.8, 4) is 0 Å². The normalized spacial score (nSPS) is 11.3. The Hall–Kier alpha value is -5.10. The topological polar surface area (TPSA) is 94.7 Å². The summed E-state index contributed by atoms with van der Waals surface area (Å²) in [5, 5.41) is 0. The Balaban J connectivity index is 1.46. The van der Waals surface area contributed by atoms with Crippen LogP contribution in [0.5, 0.6) is 0 Å². The van der Waals surface area contributed by atoms with Crippen LogP contribution in [0.15, 0.2) is 109 Å². The van der Waals surface area contributed by atoms with Crippen molar-refractivity contribution >= 4 is 66.2 Å². The van der Waals surface area contributed by atoms with Gasteiger partial charge in [-0.15, -0.1) is 0 Å². The lowest BCUT2D eigenvalue weighted by Crippen LogP contribution is -1.67. The molecule has 0 aliphatic rings. The summed E-state index contributed by atoms with van der Waals surface area (Å²) >= 11 is 0. The van der Waals surface area contributed by atoms with Gasteiger partial charge >= 0.3 is 0 Å². The standard InChI is InChI=1S/C30H24N6/c1-2-20-14-22-5-6-24(33-22)16-26-9-10-28(35-26)18-30-12-11-29(36-30)17-27-8-7-25(34-27)15-23-4-3-21(32-23)13-19(1)31-20/h1-18,31-36H. The largest absolute Gasteiger partial charge is 0.355 e. The molecular formula is C30H24N6. The zero-order valence-corrected chi connectivity index (χ0v) is 19.4. The molecule has 0 radical (unpaired) electrons. The van der Waals surface area contributed by atoms with E-state index in [4.69, 9.17) is 0 Å². The fourth-order valence-corrected chi connectivity index (χ4v) is 4.59. The number of nitrogens with one attached hydrogen (secondary N) is 6. The van der Waals surface area contributed by atoms with Crippen LogP contribution < -0.4 is 0 Å². The molecule has 36 heavy (non-hydrogen) atoms. The van der Waals surface area contributed by atoms with E-state index in [9.17, 15) is 0 Å². The maximum absolute atomic E-state index is 3.47. The Morgan fingerprint density at radius 1 is 0.194 bits per heavy atom. The lowest BCUT2D eigenvalue weighted by molar-refractivity contribution is 1.50. The second-order valence-electron chi connectivity index (χ2n) is 9.08. The molecule has 0 amide bonds. The first-order valence-electron chi connectivity index (χ1n) is 11.9. The molecule has 6 heteroatoms. The van der Waals surface area contributed by atoms with Gasteiger partial charge in [0.25, 0.3) is 0 Å². The van der Waals surface area contributed by atoms with Gasteiger partial charge in [-0.25, -0.2) is 0 Å². The summed E-state index contributed by atoms with van der Waals surface area (Å²) in [5.74, 6) is 0. The Kier molecular flexibility index (Phi) is 4.67. The second-order valence-corrected chi connectivity index (χ2v) is 9.08. The molecule has 0 atom stereocenters. The molecule has 0 saturated heterocycles. The average molecular weight is 469 g/mol. The highest BCUT2D eigenvalue weighted by molar-refractivity contribution is 5.75.